The molecule has 0 saturated carbocycles. The minimum absolute atomic E-state index is 0.0160. The van der Waals surface area contributed by atoms with Crippen molar-refractivity contribution in [3.63, 3.8) is 0 Å². The smallest absolute Gasteiger partial charge is 0.258 e. The van der Waals surface area contributed by atoms with Crippen LogP contribution in [0, 0.1) is 0 Å². The molecule has 1 fully saturated rings. The summed E-state index contributed by atoms with van der Waals surface area (Å²) in [5.74, 6) is -0.329. The van der Waals surface area contributed by atoms with Crippen LogP contribution in [0.15, 0.2) is 48.5 Å². The van der Waals surface area contributed by atoms with Gasteiger partial charge in [-0.15, -0.1) is 0 Å². The fourth-order valence-corrected chi connectivity index (χ4v) is 4.67. The Labute approximate surface area is 145 Å². The summed E-state index contributed by atoms with van der Waals surface area (Å²) in [5, 5.41) is 10.2. The number of sulfone groups is 1. The molecule has 1 unspecified atom stereocenters. The van der Waals surface area contributed by atoms with Crippen molar-refractivity contribution in [2.75, 3.05) is 16.4 Å². The van der Waals surface area contributed by atoms with Gasteiger partial charge in [0, 0.05) is 22.3 Å². The van der Waals surface area contributed by atoms with Crippen LogP contribution in [0.5, 0.6) is 5.75 Å². The molecule has 3 rings (SSSR count). The minimum atomic E-state index is -3.16. The van der Waals surface area contributed by atoms with E-state index in [9.17, 15) is 18.3 Å². The molecule has 2 aromatic rings. The maximum Gasteiger partial charge on any atom is 0.258 e. The number of anilines is 1. The fourth-order valence-electron chi connectivity index (χ4n) is 2.85. The number of hydrogen-bond acceptors (Lipinski definition) is 4. The monoisotopic (exact) mass is 365 g/mol. The number of phenols is 1. The molecule has 126 valence electrons. The number of benzene rings is 2. The summed E-state index contributed by atoms with van der Waals surface area (Å²) in [7, 11) is -3.16. The van der Waals surface area contributed by atoms with Crippen LogP contribution < -0.4 is 4.90 Å². The number of carbonyl (C=O) groups is 1. The standard InChI is InChI=1S/C17H16ClNO4S/c18-13-6-4-12(5-7-13)17(21)19(14-2-1-3-16(20)10-14)15-8-9-24(22,23)11-15/h1-7,10,15,20H,8-9,11H2. The Balaban J connectivity index is 2.01. The Morgan fingerprint density at radius 3 is 2.46 bits per heavy atom. The predicted molar refractivity (Wildman–Crippen MR) is 93.4 cm³/mol. The van der Waals surface area contributed by atoms with Gasteiger partial charge in [-0.2, -0.15) is 0 Å². The molecular weight excluding hydrogens is 350 g/mol. The summed E-state index contributed by atoms with van der Waals surface area (Å²) in [6.45, 7) is 0. The lowest BCUT2D eigenvalue weighted by atomic mass is 10.1. The van der Waals surface area contributed by atoms with Gasteiger partial charge in [0.15, 0.2) is 9.84 Å². The summed E-state index contributed by atoms with van der Waals surface area (Å²) in [6.07, 6.45) is 0.372. The molecule has 0 spiro atoms. The van der Waals surface area contributed by atoms with Crippen molar-refractivity contribution in [3.8, 4) is 5.75 Å². The molecule has 24 heavy (non-hydrogen) atoms. The zero-order valence-electron chi connectivity index (χ0n) is 12.7. The zero-order valence-corrected chi connectivity index (χ0v) is 14.3. The van der Waals surface area contributed by atoms with Gasteiger partial charge in [0.2, 0.25) is 0 Å². The molecule has 1 amide bonds. The van der Waals surface area contributed by atoms with Gasteiger partial charge >= 0.3 is 0 Å². The first-order valence-electron chi connectivity index (χ1n) is 7.44. The normalized spacial score (nSPS) is 19.1. The molecule has 2 aromatic carbocycles. The van der Waals surface area contributed by atoms with Crippen LogP contribution in [-0.2, 0) is 9.84 Å². The first kappa shape index (κ1) is 16.8. The van der Waals surface area contributed by atoms with E-state index in [1.54, 1.807) is 36.4 Å². The van der Waals surface area contributed by atoms with Gasteiger partial charge in [-0.1, -0.05) is 17.7 Å². The van der Waals surface area contributed by atoms with Crippen molar-refractivity contribution >= 4 is 33.0 Å². The molecule has 1 aliphatic rings. The van der Waals surface area contributed by atoms with Gasteiger partial charge in [-0.25, -0.2) is 8.42 Å². The highest BCUT2D eigenvalue weighted by Crippen LogP contribution is 2.29. The maximum absolute atomic E-state index is 13.0. The molecule has 1 heterocycles. The molecule has 1 aliphatic heterocycles. The minimum Gasteiger partial charge on any atom is -0.508 e. The first-order valence-corrected chi connectivity index (χ1v) is 9.64. The molecular formula is C17H16ClNO4S. The Morgan fingerprint density at radius 1 is 1.17 bits per heavy atom. The van der Waals surface area contributed by atoms with E-state index in [-0.39, 0.29) is 23.2 Å². The second-order valence-electron chi connectivity index (χ2n) is 5.76. The van der Waals surface area contributed by atoms with Crippen LogP contribution in [0.25, 0.3) is 0 Å². The topological polar surface area (TPSA) is 74.7 Å². The molecule has 7 heteroatoms. The van der Waals surface area contributed by atoms with E-state index >= 15 is 0 Å². The van der Waals surface area contributed by atoms with Crippen LogP contribution in [0.3, 0.4) is 0 Å². The van der Waals surface area contributed by atoms with Gasteiger partial charge in [0.1, 0.15) is 5.75 Å². The lowest BCUT2D eigenvalue weighted by Gasteiger charge is -2.28. The number of nitrogens with zero attached hydrogens (tertiary/aromatic N) is 1. The third-order valence-electron chi connectivity index (χ3n) is 3.99. The lowest BCUT2D eigenvalue weighted by Crippen LogP contribution is -2.41. The molecule has 1 atom stereocenters. The molecule has 0 bridgehead atoms. The van der Waals surface area contributed by atoms with Gasteiger partial charge < -0.3 is 10.0 Å². The summed E-state index contributed by atoms with van der Waals surface area (Å²) in [5.41, 5.74) is 0.879. The van der Waals surface area contributed by atoms with Crippen LogP contribution >= 0.6 is 11.6 Å². The Morgan fingerprint density at radius 2 is 1.88 bits per heavy atom. The van der Waals surface area contributed by atoms with Crippen LogP contribution in [0.2, 0.25) is 5.02 Å². The van der Waals surface area contributed by atoms with Gasteiger partial charge in [-0.05, 0) is 42.8 Å². The van der Waals surface area contributed by atoms with E-state index in [0.717, 1.165) is 0 Å². The van der Waals surface area contributed by atoms with E-state index in [4.69, 9.17) is 11.6 Å². The SMILES string of the molecule is O=C(c1ccc(Cl)cc1)N(c1cccc(O)c1)C1CCS(=O)(=O)C1. The Bertz CT molecular complexity index is 864. The predicted octanol–water partition coefficient (Wildman–Crippen LogP) is 2.88. The molecule has 1 N–H and O–H groups in total. The van der Waals surface area contributed by atoms with Crippen molar-refractivity contribution in [2.24, 2.45) is 0 Å². The van der Waals surface area contributed by atoms with Crippen LogP contribution in [0.1, 0.15) is 16.8 Å². The number of amides is 1. The maximum atomic E-state index is 13.0. The molecule has 0 aromatic heterocycles. The Kier molecular flexibility index (Phi) is 4.51. The average Bonchev–Trinajstić information content (AvgIpc) is 2.88. The average molecular weight is 366 g/mol. The van der Waals surface area contributed by atoms with Gasteiger partial charge in [0.25, 0.3) is 5.91 Å². The number of aromatic hydroxyl groups is 1. The number of rotatable bonds is 3. The highest BCUT2D eigenvalue weighted by atomic mass is 35.5. The van der Waals surface area contributed by atoms with E-state index < -0.39 is 15.9 Å². The summed E-state index contributed by atoms with van der Waals surface area (Å²) < 4.78 is 23.7. The molecule has 0 aliphatic carbocycles. The number of carbonyl (C=O) groups excluding carboxylic acids is 1. The number of phenolic OH excluding ortho intramolecular Hbond substituents is 1. The van der Waals surface area contributed by atoms with E-state index in [2.05, 4.69) is 0 Å². The first-order chi connectivity index (χ1) is 11.4. The highest BCUT2D eigenvalue weighted by molar-refractivity contribution is 7.91. The number of hydrogen-bond donors (Lipinski definition) is 1. The Hall–Kier alpha value is -2.05. The lowest BCUT2D eigenvalue weighted by molar-refractivity contribution is 0.0979. The summed E-state index contributed by atoms with van der Waals surface area (Å²) in [4.78, 5) is 14.4. The fraction of sp³-hybridized carbons (Fsp3) is 0.235. The zero-order chi connectivity index (χ0) is 17.3. The van der Waals surface area contributed by atoms with E-state index in [0.29, 0.717) is 22.7 Å². The van der Waals surface area contributed by atoms with Crippen molar-refractivity contribution in [3.05, 3.63) is 59.1 Å². The van der Waals surface area contributed by atoms with Crippen LogP contribution in [0.4, 0.5) is 5.69 Å². The van der Waals surface area contributed by atoms with Crippen molar-refractivity contribution in [1.29, 1.82) is 0 Å². The van der Waals surface area contributed by atoms with E-state index in [1.165, 1.54) is 17.0 Å². The van der Waals surface area contributed by atoms with Crippen molar-refractivity contribution in [1.82, 2.24) is 0 Å². The van der Waals surface area contributed by atoms with Gasteiger partial charge in [-0.3, -0.25) is 4.79 Å². The largest absolute Gasteiger partial charge is 0.508 e. The van der Waals surface area contributed by atoms with Crippen molar-refractivity contribution < 1.29 is 18.3 Å². The van der Waals surface area contributed by atoms with Crippen LogP contribution in [-0.4, -0.2) is 37.0 Å². The highest BCUT2D eigenvalue weighted by Gasteiger charge is 2.36. The second kappa shape index (κ2) is 6.45. The summed E-state index contributed by atoms with van der Waals surface area (Å²) in [6, 6.07) is 12.2. The van der Waals surface area contributed by atoms with Crippen molar-refractivity contribution in [2.45, 2.75) is 12.5 Å². The van der Waals surface area contributed by atoms with Gasteiger partial charge in [0.05, 0.1) is 17.5 Å². The third-order valence-corrected chi connectivity index (χ3v) is 5.99. The summed E-state index contributed by atoms with van der Waals surface area (Å²) >= 11 is 5.86. The molecule has 0 radical (unpaired) electrons. The molecule has 5 nitrogen and oxygen atoms in total. The molecule has 1 saturated heterocycles. The second-order valence-corrected chi connectivity index (χ2v) is 8.42. The quantitative estimate of drug-likeness (QED) is 0.907. The third kappa shape index (κ3) is 3.55. The number of halogens is 1. The van der Waals surface area contributed by atoms with E-state index in [1.807, 2.05) is 0 Å².